The van der Waals surface area contributed by atoms with E-state index in [1.54, 1.807) is 0 Å². The average Bonchev–Trinajstić information content (AvgIpc) is 2.36. The average molecular weight is 252 g/mol. The Bertz CT molecular complexity index is 382. The predicted molar refractivity (Wildman–Crippen MR) is 69.6 cm³/mol. The van der Waals surface area contributed by atoms with E-state index in [1.807, 2.05) is 12.1 Å². The van der Waals surface area contributed by atoms with Crippen molar-refractivity contribution in [3.8, 4) is 0 Å². The van der Waals surface area contributed by atoms with Crippen LogP contribution in [-0.4, -0.2) is 35.5 Å². The zero-order chi connectivity index (χ0) is 13.4. The quantitative estimate of drug-likeness (QED) is 0.583. The van der Waals surface area contributed by atoms with E-state index in [1.165, 1.54) is 5.56 Å². The van der Waals surface area contributed by atoms with Gasteiger partial charge in [-0.1, -0.05) is 31.2 Å². The number of rotatable bonds is 7. The molecule has 0 aliphatic heterocycles. The Morgan fingerprint density at radius 1 is 1.33 bits per heavy atom. The molecule has 1 rings (SSSR count). The third-order valence-corrected chi connectivity index (χ3v) is 2.60. The largest absolute Gasteiger partial charge is 0.465 e. The van der Waals surface area contributed by atoms with Gasteiger partial charge >= 0.3 is 6.09 Å². The molecule has 18 heavy (non-hydrogen) atoms. The maximum absolute atomic E-state index is 10.2. The molecular formula is C13H20N2O3. The molecule has 100 valence electrons. The van der Waals surface area contributed by atoms with Crippen LogP contribution in [-0.2, 0) is 13.0 Å². The van der Waals surface area contributed by atoms with Crippen molar-refractivity contribution >= 4 is 6.09 Å². The van der Waals surface area contributed by atoms with Crippen molar-refractivity contribution < 1.29 is 15.0 Å². The molecule has 0 saturated carbocycles. The van der Waals surface area contributed by atoms with Gasteiger partial charge in [-0.15, -0.1) is 0 Å². The summed E-state index contributed by atoms with van der Waals surface area (Å²) in [7, 11) is 0. The van der Waals surface area contributed by atoms with Gasteiger partial charge in [0, 0.05) is 19.6 Å². The van der Waals surface area contributed by atoms with Crippen LogP contribution >= 0.6 is 0 Å². The number of nitrogens with one attached hydrogen (secondary N) is 2. The van der Waals surface area contributed by atoms with Crippen molar-refractivity contribution in [2.45, 2.75) is 26.0 Å². The van der Waals surface area contributed by atoms with Gasteiger partial charge in [0.1, 0.15) is 0 Å². The molecule has 4 N–H and O–H groups in total. The van der Waals surface area contributed by atoms with Crippen LogP contribution in [0.5, 0.6) is 0 Å². The third kappa shape index (κ3) is 5.65. The summed E-state index contributed by atoms with van der Waals surface area (Å²) in [6.45, 7) is 3.17. The number of hydrogen-bond donors (Lipinski definition) is 4. The van der Waals surface area contributed by atoms with E-state index in [2.05, 4.69) is 29.7 Å². The lowest BCUT2D eigenvalue weighted by atomic mass is 10.1. The molecule has 0 radical (unpaired) electrons. The Kier molecular flexibility index (Phi) is 6.18. The fourth-order valence-corrected chi connectivity index (χ4v) is 1.62. The fourth-order valence-electron chi connectivity index (χ4n) is 1.62. The third-order valence-electron chi connectivity index (χ3n) is 2.60. The Morgan fingerprint density at radius 3 is 2.72 bits per heavy atom. The fraction of sp³-hybridized carbons (Fsp3) is 0.462. The van der Waals surface area contributed by atoms with Crippen LogP contribution in [0.3, 0.4) is 0 Å². The molecule has 0 saturated heterocycles. The van der Waals surface area contributed by atoms with Gasteiger partial charge in [0.25, 0.3) is 0 Å². The first-order valence-electron chi connectivity index (χ1n) is 6.05. The first-order valence-corrected chi connectivity index (χ1v) is 6.05. The lowest BCUT2D eigenvalue weighted by Gasteiger charge is -2.12. The van der Waals surface area contributed by atoms with E-state index < -0.39 is 12.2 Å². The Hall–Kier alpha value is -1.59. The highest BCUT2D eigenvalue weighted by molar-refractivity contribution is 5.64. The van der Waals surface area contributed by atoms with Crippen LogP contribution in [0, 0.1) is 0 Å². The number of hydrogen-bond acceptors (Lipinski definition) is 3. The summed E-state index contributed by atoms with van der Waals surface area (Å²) in [4.78, 5) is 10.2. The maximum Gasteiger partial charge on any atom is 0.404 e. The van der Waals surface area contributed by atoms with Crippen LogP contribution in [0.15, 0.2) is 24.3 Å². The summed E-state index contributed by atoms with van der Waals surface area (Å²) >= 11 is 0. The van der Waals surface area contributed by atoms with Gasteiger partial charge in [0.2, 0.25) is 0 Å². The van der Waals surface area contributed by atoms with Gasteiger partial charge < -0.3 is 20.8 Å². The number of carboxylic acid groups (broad SMARTS) is 1. The molecule has 1 amide bonds. The van der Waals surface area contributed by atoms with Crippen molar-refractivity contribution in [2.75, 3.05) is 13.1 Å². The predicted octanol–water partition coefficient (Wildman–Crippen LogP) is 0.967. The highest BCUT2D eigenvalue weighted by Crippen LogP contribution is 2.05. The molecule has 0 aromatic heterocycles. The number of carbonyl (C=O) groups is 1. The van der Waals surface area contributed by atoms with Gasteiger partial charge in [-0.25, -0.2) is 4.79 Å². The van der Waals surface area contributed by atoms with Gasteiger partial charge in [0.05, 0.1) is 6.10 Å². The van der Waals surface area contributed by atoms with Crippen LogP contribution in [0.4, 0.5) is 4.79 Å². The highest BCUT2D eigenvalue weighted by Gasteiger charge is 2.05. The number of aliphatic hydroxyl groups is 1. The molecule has 0 heterocycles. The van der Waals surface area contributed by atoms with Crippen molar-refractivity contribution in [3.05, 3.63) is 35.4 Å². The van der Waals surface area contributed by atoms with E-state index in [0.29, 0.717) is 13.1 Å². The minimum Gasteiger partial charge on any atom is -0.465 e. The highest BCUT2D eigenvalue weighted by atomic mass is 16.4. The van der Waals surface area contributed by atoms with Crippen LogP contribution in [0.25, 0.3) is 0 Å². The van der Waals surface area contributed by atoms with Crippen molar-refractivity contribution in [2.24, 2.45) is 0 Å². The summed E-state index contributed by atoms with van der Waals surface area (Å²) in [5, 5.41) is 23.1. The topological polar surface area (TPSA) is 81.6 Å². The number of aliphatic hydroxyl groups excluding tert-OH is 1. The van der Waals surface area contributed by atoms with E-state index in [0.717, 1.165) is 12.0 Å². The minimum absolute atomic E-state index is 0.0390. The zero-order valence-corrected chi connectivity index (χ0v) is 10.5. The van der Waals surface area contributed by atoms with Crippen LogP contribution in [0.2, 0.25) is 0 Å². The van der Waals surface area contributed by atoms with Gasteiger partial charge in [-0.05, 0) is 17.5 Å². The monoisotopic (exact) mass is 252 g/mol. The molecule has 0 aliphatic carbocycles. The maximum atomic E-state index is 10.2. The van der Waals surface area contributed by atoms with Gasteiger partial charge in [-0.2, -0.15) is 0 Å². The summed E-state index contributed by atoms with van der Waals surface area (Å²) in [5.41, 5.74) is 2.44. The second-order valence-electron chi connectivity index (χ2n) is 4.14. The Balaban J connectivity index is 2.26. The minimum atomic E-state index is -1.12. The standard InChI is InChI=1S/C13H20N2O3/c1-2-10-4-3-5-11(6-10)7-14-8-12(16)9-15-13(17)18/h3-6,12,14-16H,2,7-9H2,1H3,(H,17,18). The lowest BCUT2D eigenvalue weighted by molar-refractivity contribution is 0.155. The second-order valence-corrected chi connectivity index (χ2v) is 4.14. The summed E-state index contributed by atoms with van der Waals surface area (Å²) < 4.78 is 0. The van der Waals surface area contributed by atoms with E-state index in [9.17, 15) is 9.90 Å². The summed E-state index contributed by atoms with van der Waals surface area (Å²) in [6.07, 6.45) is -0.834. The SMILES string of the molecule is CCc1cccc(CNCC(O)CNC(=O)O)c1. The molecular weight excluding hydrogens is 232 g/mol. The summed E-state index contributed by atoms with van der Waals surface area (Å²) in [6, 6.07) is 8.23. The first kappa shape index (κ1) is 14.5. The molecule has 5 nitrogen and oxygen atoms in total. The van der Waals surface area contributed by atoms with Crippen molar-refractivity contribution in [3.63, 3.8) is 0 Å². The van der Waals surface area contributed by atoms with Crippen LogP contribution in [0.1, 0.15) is 18.1 Å². The Labute approximate surface area is 107 Å². The molecule has 1 aromatic rings. The van der Waals surface area contributed by atoms with E-state index in [4.69, 9.17) is 5.11 Å². The number of amides is 1. The van der Waals surface area contributed by atoms with Gasteiger partial charge in [-0.3, -0.25) is 0 Å². The molecule has 0 spiro atoms. The van der Waals surface area contributed by atoms with E-state index >= 15 is 0 Å². The van der Waals surface area contributed by atoms with E-state index in [-0.39, 0.29) is 6.54 Å². The van der Waals surface area contributed by atoms with Crippen molar-refractivity contribution in [1.82, 2.24) is 10.6 Å². The van der Waals surface area contributed by atoms with Crippen LogP contribution < -0.4 is 10.6 Å². The smallest absolute Gasteiger partial charge is 0.404 e. The first-order chi connectivity index (χ1) is 8.61. The van der Waals surface area contributed by atoms with Crippen molar-refractivity contribution in [1.29, 1.82) is 0 Å². The molecule has 1 unspecified atom stereocenters. The molecule has 1 aromatic carbocycles. The molecule has 0 aliphatic rings. The number of benzene rings is 1. The Morgan fingerprint density at radius 2 is 2.06 bits per heavy atom. The number of aryl methyl sites for hydroxylation is 1. The normalized spacial score (nSPS) is 12.1. The summed E-state index contributed by atoms with van der Waals surface area (Å²) in [5.74, 6) is 0. The second kappa shape index (κ2) is 7.68. The molecule has 0 fully saturated rings. The van der Waals surface area contributed by atoms with Gasteiger partial charge in [0.15, 0.2) is 0 Å². The zero-order valence-electron chi connectivity index (χ0n) is 10.5. The molecule has 0 bridgehead atoms. The lowest BCUT2D eigenvalue weighted by Crippen LogP contribution is -2.37. The molecule has 5 heteroatoms. The molecule has 1 atom stereocenters.